The zero-order chi connectivity index (χ0) is 10.3. The van der Waals surface area contributed by atoms with Crippen LogP contribution in [-0.2, 0) is 4.79 Å². The Morgan fingerprint density at radius 1 is 1.38 bits per heavy atom. The number of carbonyl (C=O) groups is 1. The van der Waals surface area contributed by atoms with Crippen molar-refractivity contribution >= 4 is 5.91 Å². The van der Waals surface area contributed by atoms with Gasteiger partial charge in [-0.25, -0.2) is 0 Å². The van der Waals surface area contributed by atoms with E-state index in [1.165, 1.54) is 0 Å². The summed E-state index contributed by atoms with van der Waals surface area (Å²) in [4.78, 5) is 11.3. The normalized spacial score (nSPS) is 13.0. The molecule has 3 N–H and O–H groups in total. The summed E-state index contributed by atoms with van der Waals surface area (Å²) in [6.07, 6.45) is 1.78. The lowest BCUT2D eigenvalue weighted by atomic mass is 10.1. The molecule has 1 atom stereocenters. The van der Waals surface area contributed by atoms with Gasteiger partial charge in [0.15, 0.2) is 0 Å². The van der Waals surface area contributed by atoms with Crippen molar-refractivity contribution in [3.8, 4) is 0 Å². The van der Waals surface area contributed by atoms with Crippen molar-refractivity contribution in [1.82, 2.24) is 5.32 Å². The zero-order valence-corrected chi connectivity index (χ0v) is 8.29. The van der Waals surface area contributed by atoms with E-state index in [2.05, 4.69) is 5.32 Å². The topological polar surface area (TPSA) is 69.6 Å². The van der Waals surface area contributed by atoms with Gasteiger partial charge >= 0.3 is 0 Å². The molecule has 0 rings (SSSR count). The highest BCUT2D eigenvalue weighted by atomic mass is 16.3. The Labute approximate surface area is 79.0 Å². The van der Waals surface area contributed by atoms with Crippen molar-refractivity contribution < 1.29 is 15.0 Å². The molecule has 0 spiro atoms. The van der Waals surface area contributed by atoms with Crippen molar-refractivity contribution in [2.24, 2.45) is 5.92 Å². The lowest BCUT2D eigenvalue weighted by molar-refractivity contribution is -0.126. The summed E-state index contributed by atoms with van der Waals surface area (Å²) in [6.45, 7) is 3.41. The van der Waals surface area contributed by atoms with Crippen molar-refractivity contribution in [2.45, 2.75) is 32.7 Å². The maximum absolute atomic E-state index is 11.3. The average Bonchev–Trinajstić information content (AvgIpc) is 2.14. The highest BCUT2D eigenvalue weighted by Gasteiger charge is 2.15. The standard InChI is InChI=1S/C9H19NO3/c1-3-4-7(2)9(13)10-8(5-11)6-12/h7-8,11-12H,3-6H2,1-2H3,(H,10,13). The molecule has 0 bridgehead atoms. The molecule has 0 saturated heterocycles. The van der Waals surface area contributed by atoms with Crippen LogP contribution in [0.25, 0.3) is 0 Å². The predicted octanol–water partition coefficient (Wildman–Crippen LogP) is -0.108. The largest absolute Gasteiger partial charge is 0.394 e. The Balaban J connectivity index is 3.83. The van der Waals surface area contributed by atoms with Gasteiger partial charge in [-0.2, -0.15) is 0 Å². The third-order valence-electron chi connectivity index (χ3n) is 1.96. The minimum atomic E-state index is -0.521. The third kappa shape index (κ3) is 4.85. The molecule has 0 heterocycles. The molecule has 0 aromatic heterocycles. The summed E-state index contributed by atoms with van der Waals surface area (Å²) in [6, 6.07) is -0.521. The highest BCUT2D eigenvalue weighted by molar-refractivity contribution is 5.78. The number of hydrogen-bond donors (Lipinski definition) is 3. The molecule has 78 valence electrons. The number of aliphatic hydroxyl groups excluding tert-OH is 2. The van der Waals surface area contributed by atoms with E-state index < -0.39 is 6.04 Å². The Morgan fingerprint density at radius 3 is 2.31 bits per heavy atom. The molecule has 0 saturated carbocycles. The van der Waals surface area contributed by atoms with Crippen LogP contribution in [0.1, 0.15) is 26.7 Å². The lowest BCUT2D eigenvalue weighted by Crippen LogP contribution is -2.42. The third-order valence-corrected chi connectivity index (χ3v) is 1.96. The van der Waals surface area contributed by atoms with Crippen LogP contribution in [0.5, 0.6) is 0 Å². The van der Waals surface area contributed by atoms with E-state index >= 15 is 0 Å². The molecule has 4 heteroatoms. The number of hydrogen-bond acceptors (Lipinski definition) is 3. The summed E-state index contributed by atoms with van der Waals surface area (Å²) in [5.74, 6) is -0.152. The van der Waals surface area contributed by atoms with E-state index in [0.717, 1.165) is 12.8 Å². The number of carbonyl (C=O) groups excluding carboxylic acids is 1. The molecule has 4 nitrogen and oxygen atoms in total. The van der Waals surface area contributed by atoms with E-state index in [9.17, 15) is 4.79 Å². The van der Waals surface area contributed by atoms with E-state index in [4.69, 9.17) is 10.2 Å². The Bertz CT molecular complexity index is 146. The number of amides is 1. The van der Waals surface area contributed by atoms with Gasteiger partial charge in [0.25, 0.3) is 0 Å². The fourth-order valence-corrected chi connectivity index (χ4v) is 1.06. The first-order valence-corrected chi connectivity index (χ1v) is 4.67. The molecule has 0 aliphatic rings. The minimum absolute atomic E-state index is 0.0504. The quantitative estimate of drug-likeness (QED) is 0.546. The van der Waals surface area contributed by atoms with Crippen LogP contribution < -0.4 is 5.32 Å². The summed E-state index contributed by atoms with van der Waals surface area (Å²) in [7, 11) is 0. The van der Waals surface area contributed by atoms with Gasteiger partial charge in [0.05, 0.1) is 19.3 Å². The summed E-state index contributed by atoms with van der Waals surface area (Å²) < 4.78 is 0. The molecular formula is C9H19NO3. The van der Waals surface area contributed by atoms with Crippen LogP contribution >= 0.6 is 0 Å². The smallest absolute Gasteiger partial charge is 0.223 e. The predicted molar refractivity (Wildman–Crippen MR) is 50.2 cm³/mol. The van der Waals surface area contributed by atoms with Gasteiger partial charge < -0.3 is 15.5 Å². The van der Waals surface area contributed by atoms with Gasteiger partial charge in [0.2, 0.25) is 5.91 Å². The number of aliphatic hydroxyl groups is 2. The van der Waals surface area contributed by atoms with Crippen molar-refractivity contribution in [1.29, 1.82) is 0 Å². The monoisotopic (exact) mass is 189 g/mol. The van der Waals surface area contributed by atoms with Crippen molar-refractivity contribution in [2.75, 3.05) is 13.2 Å². The maximum atomic E-state index is 11.3. The van der Waals surface area contributed by atoms with Crippen LogP contribution in [0, 0.1) is 5.92 Å². The van der Waals surface area contributed by atoms with E-state index in [1.807, 2.05) is 13.8 Å². The van der Waals surface area contributed by atoms with Crippen molar-refractivity contribution in [3.63, 3.8) is 0 Å². The molecule has 1 unspecified atom stereocenters. The van der Waals surface area contributed by atoms with E-state index in [1.54, 1.807) is 0 Å². The second-order valence-electron chi connectivity index (χ2n) is 3.26. The number of rotatable bonds is 6. The molecule has 0 aliphatic carbocycles. The molecule has 0 aromatic rings. The zero-order valence-electron chi connectivity index (χ0n) is 8.29. The Morgan fingerprint density at radius 2 is 1.92 bits per heavy atom. The first-order chi connectivity index (χ1) is 6.15. The molecule has 0 aromatic carbocycles. The average molecular weight is 189 g/mol. The second-order valence-corrected chi connectivity index (χ2v) is 3.26. The first kappa shape index (κ1) is 12.4. The van der Waals surface area contributed by atoms with Crippen LogP contribution in [-0.4, -0.2) is 35.4 Å². The Kier molecular flexibility index (Phi) is 6.54. The van der Waals surface area contributed by atoms with Crippen LogP contribution in [0.4, 0.5) is 0 Å². The van der Waals surface area contributed by atoms with Gasteiger partial charge in [0, 0.05) is 5.92 Å². The fourth-order valence-electron chi connectivity index (χ4n) is 1.06. The highest BCUT2D eigenvalue weighted by Crippen LogP contribution is 2.04. The molecule has 0 fully saturated rings. The molecule has 13 heavy (non-hydrogen) atoms. The molecule has 0 radical (unpaired) electrons. The Hall–Kier alpha value is -0.610. The van der Waals surface area contributed by atoms with Gasteiger partial charge in [-0.1, -0.05) is 20.3 Å². The number of nitrogens with one attached hydrogen (secondary N) is 1. The van der Waals surface area contributed by atoms with Crippen LogP contribution in [0.15, 0.2) is 0 Å². The van der Waals surface area contributed by atoms with Crippen LogP contribution in [0.2, 0.25) is 0 Å². The van der Waals surface area contributed by atoms with Crippen molar-refractivity contribution in [3.05, 3.63) is 0 Å². The summed E-state index contributed by atoms with van der Waals surface area (Å²) in [5, 5.41) is 20.0. The van der Waals surface area contributed by atoms with Gasteiger partial charge in [0.1, 0.15) is 0 Å². The minimum Gasteiger partial charge on any atom is -0.394 e. The first-order valence-electron chi connectivity index (χ1n) is 4.67. The van der Waals surface area contributed by atoms with E-state index in [0.29, 0.717) is 0 Å². The SMILES string of the molecule is CCCC(C)C(=O)NC(CO)CO. The second kappa shape index (κ2) is 6.86. The maximum Gasteiger partial charge on any atom is 0.223 e. The molecule has 0 aliphatic heterocycles. The van der Waals surface area contributed by atoms with Gasteiger partial charge in [-0.05, 0) is 6.42 Å². The summed E-state index contributed by atoms with van der Waals surface area (Å²) >= 11 is 0. The lowest BCUT2D eigenvalue weighted by Gasteiger charge is -2.16. The van der Waals surface area contributed by atoms with Gasteiger partial charge in [-0.3, -0.25) is 4.79 Å². The molecule has 1 amide bonds. The van der Waals surface area contributed by atoms with Gasteiger partial charge in [-0.15, -0.1) is 0 Å². The summed E-state index contributed by atoms with van der Waals surface area (Å²) in [5.41, 5.74) is 0. The van der Waals surface area contributed by atoms with Crippen LogP contribution in [0.3, 0.4) is 0 Å². The molecular weight excluding hydrogens is 170 g/mol. The fraction of sp³-hybridized carbons (Fsp3) is 0.889. The van der Waals surface area contributed by atoms with E-state index in [-0.39, 0.29) is 25.0 Å².